The quantitative estimate of drug-likeness (QED) is 0.701. The topological polar surface area (TPSA) is 55.3 Å². The summed E-state index contributed by atoms with van der Waals surface area (Å²) in [7, 11) is 0. The minimum atomic E-state index is 0.681. The lowest BCUT2D eigenvalue weighted by Crippen LogP contribution is -2.30. The second-order valence-electron chi connectivity index (χ2n) is 3.31. The zero-order valence-corrected chi connectivity index (χ0v) is 8.34. The summed E-state index contributed by atoms with van der Waals surface area (Å²) in [6.45, 7) is 0.872. The van der Waals surface area contributed by atoms with Gasteiger partial charge in [-0.2, -0.15) is 0 Å². The molecule has 0 saturated heterocycles. The van der Waals surface area contributed by atoms with Gasteiger partial charge in [0.2, 0.25) is 0 Å². The number of nitrogens with zero attached hydrogens (tertiary/aromatic N) is 1. The minimum Gasteiger partial charge on any atom is -0.396 e. The van der Waals surface area contributed by atoms with Crippen LogP contribution in [0.1, 0.15) is 12.8 Å². The fourth-order valence-electron chi connectivity index (χ4n) is 1.34. The molecule has 1 aliphatic carbocycles. The smallest absolute Gasteiger partial charge is 0.0718 e. The van der Waals surface area contributed by atoms with Crippen LogP contribution in [0.15, 0.2) is 22.1 Å². The second-order valence-corrected chi connectivity index (χ2v) is 4.26. The van der Waals surface area contributed by atoms with Crippen molar-refractivity contribution in [3.8, 4) is 0 Å². The normalized spacial score (nSPS) is 24.4. The lowest BCUT2D eigenvalue weighted by Gasteiger charge is -2.25. The van der Waals surface area contributed by atoms with Crippen molar-refractivity contribution in [1.82, 2.24) is 4.90 Å². The number of hydrogen-bond donors (Lipinski definition) is 2. The van der Waals surface area contributed by atoms with Crippen LogP contribution in [0, 0.1) is 0 Å². The maximum Gasteiger partial charge on any atom is 0.0718 e. The molecule has 0 radical (unpaired) electrons. The molecular formula is C8H12BrN3. The number of hydrogen-bond acceptors (Lipinski definition) is 3. The van der Waals surface area contributed by atoms with Gasteiger partial charge < -0.3 is 16.4 Å². The Labute approximate surface area is 80.2 Å². The molecule has 1 saturated carbocycles. The predicted octanol–water partition coefficient (Wildman–Crippen LogP) is 0.830. The van der Waals surface area contributed by atoms with Crippen LogP contribution in [0.25, 0.3) is 0 Å². The van der Waals surface area contributed by atoms with Gasteiger partial charge in [-0.3, -0.25) is 0 Å². The first-order valence-electron chi connectivity index (χ1n) is 4.06. The first-order valence-corrected chi connectivity index (χ1v) is 4.85. The van der Waals surface area contributed by atoms with Crippen LogP contribution in [0.5, 0.6) is 0 Å². The van der Waals surface area contributed by atoms with E-state index >= 15 is 0 Å². The van der Waals surface area contributed by atoms with E-state index < -0.39 is 0 Å². The van der Waals surface area contributed by atoms with Gasteiger partial charge in [-0.1, -0.05) is 15.9 Å². The molecule has 0 spiro atoms. The van der Waals surface area contributed by atoms with E-state index in [0.717, 1.165) is 11.0 Å². The van der Waals surface area contributed by atoms with Crippen molar-refractivity contribution >= 4 is 15.9 Å². The van der Waals surface area contributed by atoms with Crippen molar-refractivity contribution in [1.29, 1.82) is 0 Å². The maximum absolute atomic E-state index is 5.73. The lowest BCUT2D eigenvalue weighted by molar-refractivity contribution is 0.393. The molecule has 3 nitrogen and oxygen atoms in total. The van der Waals surface area contributed by atoms with Crippen LogP contribution in [-0.2, 0) is 0 Å². The summed E-state index contributed by atoms with van der Waals surface area (Å²) in [5.74, 6) is 0. The van der Waals surface area contributed by atoms with Crippen molar-refractivity contribution < 1.29 is 0 Å². The molecule has 0 amide bonds. The van der Waals surface area contributed by atoms with E-state index in [1.54, 1.807) is 0 Å². The number of rotatable bonds is 1. The molecule has 2 rings (SSSR count). The molecule has 0 atom stereocenters. The van der Waals surface area contributed by atoms with Crippen LogP contribution in [0.2, 0.25) is 0 Å². The highest BCUT2D eigenvalue weighted by Crippen LogP contribution is 2.31. The summed E-state index contributed by atoms with van der Waals surface area (Å²) in [5.41, 5.74) is 12.8. The van der Waals surface area contributed by atoms with Crippen molar-refractivity contribution in [2.24, 2.45) is 11.5 Å². The fourth-order valence-corrected chi connectivity index (χ4v) is 1.86. The molecule has 4 N–H and O–H groups in total. The second kappa shape index (κ2) is 2.69. The predicted molar refractivity (Wildman–Crippen MR) is 52.1 cm³/mol. The third-order valence-electron chi connectivity index (χ3n) is 2.25. The summed E-state index contributed by atoms with van der Waals surface area (Å²) in [6.07, 6.45) is 4.52. The van der Waals surface area contributed by atoms with Gasteiger partial charge in [0.1, 0.15) is 0 Å². The summed E-state index contributed by atoms with van der Waals surface area (Å²) in [4.78, 5) is 2.25. The van der Waals surface area contributed by atoms with Gasteiger partial charge in [0.15, 0.2) is 0 Å². The van der Waals surface area contributed by atoms with Gasteiger partial charge in [0.05, 0.1) is 17.9 Å². The fraction of sp³-hybridized carbons (Fsp3) is 0.500. The van der Waals surface area contributed by atoms with Gasteiger partial charge in [-0.25, -0.2) is 0 Å². The zero-order valence-electron chi connectivity index (χ0n) is 6.76. The Kier molecular flexibility index (Phi) is 1.79. The van der Waals surface area contributed by atoms with E-state index in [-0.39, 0.29) is 0 Å². The molecule has 1 aliphatic heterocycles. The Balaban J connectivity index is 2.17. The van der Waals surface area contributed by atoms with Gasteiger partial charge in [0, 0.05) is 16.7 Å². The van der Waals surface area contributed by atoms with Crippen molar-refractivity contribution in [2.45, 2.75) is 18.9 Å². The Morgan fingerprint density at radius 2 is 2.08 bits per heavy atom. The van der Waals surface area contributed by atoms with Crippen molar-refractivity contribution in [3.63, 3.8) is 0 Å². The third kappa shape index (κ3) is 1.31. The summed E-state index contributed by atoms with van der Waals surface area (Å²) < 4.78 is 1.01. The van der Waals surface area contributed by atoms with Crippen molar-refractivity contribution in [2.75, 3.05) is 6.54 Å². The third-order valence-corrected chi connectivity index (χ3v) is 2.92. The molecule has 0 bridgehead atoms. The Hall–Kier alpha value is -0.640. The average molecular weight is 230 g/mol. The van der Waals surface area contributed by atoms with Crippen LogP contribution >= 0.6 is 15.9 Å². The van der Waals surface area contributed by atoms with Gasteiger partial charge in [-0.05, 0) is 12.8 Å². The zero-order chi connectivity index (χ0) is 8.72. The molecule has 0 aromatic rings. The molecule has 0 unspecified atom stereocenters. The molecule has 66 valence electrons. The van der Waals surface area contributed by atoms with E-state index in [0.29, 0.717) is 17.4 Å². The average Bonchev–Trinajstić information content (AvgIpc) is 2.81. The van der Waals surface area contributed by atoms with Crippen LogP contribution in [-0.4, -0.2) is 17.5 Å². The SMILES string of the molecule is NC1=CN(C2CC2)CC(Br)=C1N. The number of halogens is 1. The van der Waals surface area contributed by atoms with Gasteiger partial charge in [0.25, 0.3) is 0 Å². The molecular weight excluding hydrogens is 218 g/mol. The molecule has 1 heterocycles. The van der Waals surface area contributed by atoms with E-state index in [9.17, 15) is 0 Å². The number of nitrogens with two attached hydrogens (primary N) is 2. The molecule has 1 fully saturated rings. The van der Waals surface area contributed by atoms with E-state index in [1.807, 2.05) is 6.20 Å². The van der Waals surface area contributed by atoms with Crippen LogP contribution in [0.4, 0.5) is 0 Å². The molecule has 4 heteroatoms. The van der Waals surface area contributed by atoms with Crippen molar-refractivity contribution in [3.05, 3.63) is 22.1 Å². The summed E-state index contributed by atoms with van der Waals surface area (Å²) in [6, 6.07) is 0.698. The molecule has 0 aromatic heterocycles. The largest absolute Gasteiger partial charge is 0.396 e. The summed E-state index contributed by atoms with van der Waals surface area (Å²) >= 11 is 3.42. The highest BCUT2D eigenvalue weighted by molar-refractivity contribution is 9.11. The van der Waals surface area contributed by atoms with Crippen LogP contribution < -0.4 is 11.5 Å². The monoisotopic (exact) mass is 229 g/mol. The molecule has 12 heavy (non-hydrogen) atoms. The highest BCUT2D eigenvalue weighted by Gasteiger charge is 2.29. The maximum atomic E-state index is 5.73. The Morgan fingerprint density at radius 1 is 1.42 bits per heavy atom. The van der Waals surface area contributed by atoms with Crippen LogP contribution in [0.3, 0.4) is 0 Å². The van der Waals surface area contributed by atoms with Gasteiger partial charge >= 0.3 is 0 Å². The Bertz CT molecular complexity index is 265. The lowest BCUT2D eigenvalue weighted by atomic mass is 10.2. The molecule has 0 aromatic carbocycles. The molecule has 2 aliphatic rings. The van der Waals surface area contributed by atoms with E-state index in [2.05, 4.69) is 20.8 Å². The first-order chi connectivity index (χ1) is 5.68. The summed E-state index contributed by atoms with van der Waals surface area (Å²) in [5, 5.41) is 0. The Morgan fingerprint density at radius 3 is 2.58 bits per heavy atom. The minimum absolute atomic E-state index is 0.681. The van der Waals surface area contributed by atoms with E-state index in [4.69, 9.17) is 11.5 Å². The van der Waals surface area contributed by atoms with E-state index in [1.165, 1.54) is 12.8 Å². The van der Waals surface area contributed by atoms with Gasteiger partial charge in [-0.15, -0.1) is 0 Å². The first kappa shape index (κ1) is 7.98. The highest BCUT2D eigenvalue weighted by atomic mass is 79.9. The standard InChI is InChI=1S/C8H12BrN3/c9-6-3-12(5-1-2-5)4-7(10)8(6)11/h4-5H,1-3,10-11H2.